The van der Waals surface area contributed by atoms with E-state index in [0.29, 0.717) is 35.4 Å². The highest BCUT2D eigenvalue weighted by Crippen LogP contribution is 2.26. The molecule has 0 radical (unpaired) electrons. The lowest BCUT2D eigenvalue weighted by Gasteiger charge is -2.29. The van der Waals surface area contributed by atoms with E-state index in [9.17, 15) is 4.39 Å². The van der Waals surface area contributed by atoms with E-state index in [2.05, 4.69) is 48.1 Å². The molecule has 2 aromatic heterocycles. The summed E-state index contributed by atoms with van der Waals surface area (Å²) in [4.78, 5) is 10.7. The fraction of sp³-hybridized carbons (Fsp3) is 0.450. The minimum absolute atomic E-state index is 0.185. The molecule has 1 aromatic carbocycles. The van der Waals surface area contributed by atoms with Crippen LogP contribution in [0.25, 0.3) is 5.69 Å². The molecule has 0 aliphatic carbocycles. The van der Waals surface area contributed by atoms with Crippen LogP contribution in [0.2, 0.25) is 0 Å². The number of piperidine rings is 1. The molecule has 3 heterocycles. The molecular formula is C20H26FN9O. The van der Waals surface area contributed by atoms with Crippen molar-refractivity contribution < 1.29 is 9.13 Å². The average molecular weight is 427 g/mol. The average Bonchev–Trinajstić information content (AvgIpc) is 3.20. The number of rotatable bonds is 7. The Morgan fingerprint density at radius 2 is 2.16 bits per heavy atom. The van der Waals surface area contributed by atoms with Gasteiger partial charge in [-0.05, 0) is 55.8 Å². The molecule has 0 saturated carbocycles. The van der Waals surface area contributed by atoms with Crippen LogP contribution in [0.4, 0.5) is 21.8 Å². The Labute approximate surface area is 179 Å². The molecule has 2 N–H and O–H groups in total. The minimum Gasteiger partial charge on any atom is -0.497 e. The Morgan fingerprint density at radius 3 is 2.90 bits per heavy atom. The Hall–Kier alpha value is -3.34. The number of hydrogen-bond acceptors (Lipinski definition) is 9. The van der Waals surface area contributed by atoms with Crippen LogP contribution in [0, 0.1) is 18.7 Å². The van der Waals surface area contributed by atoms with Gasteiger partial charge in [0.1, 0.15) is 5.75 Å². The summed E-state index contributed by atoms with van der Waals surface area (Å²) in [6, 6.07) is 5.44. The van der Waals surface area contributed by atoms with Crippen molar-refractivity contribution in [2.75, 3.05) is 44.4 Å². The molecule has 1 aliphatic rings. The van der Waals surface area contributed by atoms with Gasteiger partial charge in [0.2, 0.25) is 5.95 Å². The van der Waals surface area contributed by atoms with E-state index in [1.54, 1.807) is 24.8 Å². The molecule has 4 rings (SSSR count). The maximum atomic E-state index is 14.3. The van der Waals surface area contributed by atoms with Gasteiger partial charge in [0, 0.05) is 30.9 Å². The molecule has 0 bridgehead atoms. The standard InChI is InChI=1S/C20H26FN9O/c1-13-26-27-28-30(13)16-7-15(8-17(9-16)31-3)24-20-23-11-18(21)19(25-20)22-10-14-5-4-6-29(2)12-14/h7-9,11,14H,4-6,10,12H2,1-3H3,(H2,22,23,24,25)/t14-/m0/s1. The number of ether oxygens (including phenoxy) is 1. The maximum absolute atomic E-state index is 14.3. The molecule has 11 heteroatoms. The fourth-order valence-electron chi connectivity index (χ4n) is 3.73. The molecule has 3 aromatic rings. The van der Waals surface area contributed by atoms with Gasteiger partial charge >= 0.3 is 0 Å². The van der Waals surface area contributed by atoms with Crippen LogP contribution in [-0.4, -0.2) is 68.9 Å². The number of likely N-dealkylation sites (tertiary alicyclic amines) is 1. The third-order valence-electron chi connectivity index (χ3n) is 5.28. The van der Waals surface area contributed by atoms with Gasteiger partial charge in [-0.25, -0.2) is 9.37 Å². The van der Waals surface area contributed by atoms with Crippen LogP contribution in [0.5, 0.6) is 5.75 Å². The lowest BCUT2D eigenvalue weighted by atomic mass is 9.98. The van der Waals surface area contributed by atoms with Crippen molar-refractivity contribution in [3.63, 3.8) is 0 Å². The highest BCUT2D eigenvalue weighted by molar-refractivity contribution is 5.61. The summed E-state index contributed by atoms with van der Waals surface area (Å²) < 4.78 is 21.3. The first-order valence-electron chi connectivity index (χ1n) is 10.2. The van der Waals surface area contributed by atoms with Crippen LogP contribution >= 0.6 is 0 Å². The summed E-state index contributed by atoms with van der Waals surface area (Å²) in [5, 5.41) is 17.8. The molecule has 1 aliphatic heterocycles. The number of benzene rings is 1. The van der Waals surface area contributed by atoms with Crippen molar-refractivity contribution in [3.8, 4) is 11.4 Å². The van der Waals surface area contributed by atoms with Crippen LogP contribution < -0.4 is 15.4 Å². The Bertz CT molecular complexity index is 1040. The van der Waals surface area contributed by atoms with Gasteiger partial charge in [0.25, 0.3) is 0 Å². The van der Waals surface area contributed by atoms with Crippen molar-refractivity contribution in [1.29, 1.82) is 0 Å². The van der Waals surface area contributed by atoms with Crippen molar-refractivity contribution in [2.45, 2.75) is 19.8 Å². The predicted molar refractivity (Wildman–Crippen MR) is 114 cm³/mol. The molecule has 0 unspecified atom stereocenters. The number of anilines is 3. The maximum Gasteiger partial charge on any atom is 0.229 e. The van der Waals surface area contributed by atoms with Crippen molar-refractivity contribution in [2.24, 2.45) is 5.92 Å². The molecule has 31 heavy (non-hydrogen) atoms. The lowest BCUT2D eigenvalue weighted by Crippen LogP contribution is -2.35. The zero-order valence-electron chi connectivity index (χ0n) is 17.8. The second-order valence-corrected chi connectivity index (χ2v) is 7.72. The van der Waals surface area contributed by atoms with E-state index in [0.717, 1.165) is 32.1 Å². The molecule has 1 saturated heterocycles. The Balaban J connectivity index is 1.51. The van der Waals surface area contributed by atoms with Crippen LogP contribution in [0.3, 0.4) is 0 Å². The quantitative estimate of drug-likeness (QED) is 0.588. The van der Waals surface area contributed by atoms with Crippen molar-refractivity contribution in [3.05, 3.63) is 36.0 Å². The molecule has 0 spiro atoms. The van der Waals surface area contributed by atoms with Gasteiger partial charge < -0.3 is 20.3 Å². The third kappa shape index (κ3) is 5.05. The van der Waals surface area contributed by atoms with Gasteiger partial charge in [0.05, 0.1) is 19.0 Å². The first-order valence-corrected chi connectivity index (χ1v) is 10.2. The largest absolute Gasteiger partial charge is 0.497 e. The molecule has 0 amide bonds. The SMILES string of the molecule is COc1cc(Nc2ncc(F)c(NC[C@@H]3CCCN(C)C3)n2)cc(-n2nnnc2C)c1. The summed E-state index contributed by atoms with van der Waals surface area (Å²) in [5.74, 6) is 1.69. The van der Waals surface area contributed by atoms with Crippen LogP contribution in [0.15, 0.2) is 24.4 Å². The monoisotopic (exact) mass is 427 g/mol. The topological polar surface area (TPSA) is 106 Å². The summed E-state index contributed by atoms with van der Waals surface area (Å²) in [6.07, 6.45) is 3.44. The number of methoxy groups -OCH3 is 1. The first kappa shape index (κ1) is 20.9. The van der Waals surface area contributed by atoms with E-state index in [1.165, 1.54) is 0 Å². The van der Waals surface area contributed by atoms with Crippen molar-refractivity contribution in [1.82, 2.24) is 35.1 Å². The molecule has 1 atom stereocenters. The number of nitrogens with zero attached hydrogens (tertiary/aromatic N) is 7. The van der Waals surface area contributed by atoms with Crippen molar-refractivity contribution >= 4 is 17.5 Å². The Kier molecular flexibility index (Phi) is 6.21. The van der Waals surface area contributed by atoms with Crippen LogP contribution in [-0.2, 0) is 0 Å². The summed E-state index contributed by atoms with van der Waals surface area (Å²) in [6.45, 7) is 4.57. The molecular weight excluding hydrogens is 401 g/mol. The number of tetrazole rings is 1. The lowest BCUT2D eigenvalue weighted by molar-refractivity contribution is 0.217. The zero-order valence-corrected chi connectivity index (χ0v) is 17.8. The summed E-state index contributed by atoms with van der Waals surface area (Å²) in [7, 11) is 3.69. The van der Waals surface area contributed by atoms with Crippen LogP contribution in [0.1, 0.15) is 18.7 Å². The molecule has 10 nitrogen and oxygen atoms in total. The number of nitrogens with one attached hydrogen (secondary N) is 2. The second-order valence-electron chi connectivity index (χ2n) is 7.72. The number of aromatic nitrogens is 6. The fourth-order valence-corrected chi connectivity index (χ4v) is 3.73. The van der Waals surface area contributed by atoms with E-state index in [1.807, 2.05) is 12.1 Å². The number of hydrogen-bond donors (Lipinski definition) is 2. The van der Waals surface area contributed by atoms with Gasteiger partial charge in [0.15, 0.2) is 17.5 Å². The van der Waals surface area contributed by atoms with Gasteiger partial charge in [-0.15, -0.1) is 5.10 Å². The van der Waals surface area contributed by atoms with Gasteiger partial charge in [-0.1, -0.05) is 0 Å². The van der Waals surface area contributed by atoms with E-state index in [-0.39, 0.29) is 11.8 Å². The Morgan fingerprint density at radius 1 is 1.29 bits per heavy atom. The normalized spacial score (nSPS) is 16.8. The van der Waals surface area contributed by atoms with Gasteiger partial charge in [-0.3, -0.25) is 0 Å². The van der Waals surface area contributed by atoms with E-state index in [4.69, 9.17) is 4.74 Å². The second kappa shape index (κ2) is 9.21. The van der Waals surface area contributed by atoms with Gasteiger partial charge in [-0.2, -0.15) is 9.67 Å². The zero-order chi connectivity index (χ0) is 21.8. The third-order valence-corrected chi connectivity index (χ3v) is 5.28. The smallest absolute Gasteiger partial charge is 0.229 e. The molecule has 164 valence electrons. The highest BCUT2D eigenvalue weighted by Gasteiger charge is 2.18. The minimum atomic E-state index is -0.481. The highest BCUT2D eigenvalue weighted by atomic mass is 19.1. The first-order chi connectivity index (χ1) is 15.0. The summed E-state index contributed by atoms with van der Waals surface area (Å²) >= 11 is 0. The van der Waals surface area contributed by atoms with E-state index < -0.39 is 5.82 Å². The predicted octanol–water partition coefficient (Wildman–Crippen LogP) is 2.41. The number of aryl methyl sites for hydroxylation is 1. The molecule has 1 fully saturated rings. The van der Waals surface area contributed by atoms with E-state index >= 15 is 0 Å². The number of halogens is 1. The summed E-state index contributed by atoms with van der Waals surface area (Å²) in [5.41, 5.74) is 1.38.